The van der Waals surface area contributed by atoms with E-state index in [0.717, 1.165) is 137 Å². The minimum absolute atomic E-state index is 0.956. The zero-order valence-corrected chi connectivity index (χ0v) is 75.6. The van der Waals surface area contributed by atoms with Crippen LogP contribution < -0.4 is 0 Å². The topological polar surface area (TPSA) is 95.5 Å². The van der Waals surface area contributed by atoms with E-state index in [1.165, 1.54) is 145 Å². The third-order valence-electron chi connectivity index (χ3n) is 28.3. The van der Waals surface area contributed by atoms with E-state index in [1.807, 2.05) is 59.5 Å². The molecule has 0 saturated heterocycles. The summed E-state index contributed by atoms with van der Waals surface area (Å²) in [5, 5.41) is 21.5. The Morgan fingerprint density at radius 2 is 0.543 bits per heavy atom. The van der Waals surface area contributed by atoms with E-state index < -0.39 is 0 Å². The Labute approximate surface area is 796 Å². The van der Waals surface area contributed by atoms with E-state index >= 15 is 0 Å². The second kappa shape index (κ2) is 30.8. The van der Waals surface area contributed by atoms with Crippen molar-refractivity contribution in [3.63, 3.8) is 0 Å². The molecule has 0 spiro atoms. The molecule has 0 saturated carbocycles. The fourth-order valence-electron chi connectivity index (χ4n) is 22.0. The summed E-state index contributed by atoms with van der Waals surface area (Å²) in [5.41, 5.74) is 33.6. The van der Waals surface area contributed by atoms with Crippen LogP contribution in [0.4, 0.5) is 0 Å². The average molecular weight is 1790 g/mol. The van der Waals surface area contributed by atoms with E-state index in [9.17, 15) is 0 Å². The van der Waals surface area contributed by atoms with Crippen molar-refractivity contribution in [2.45, 2.75) is 0 Å². The normalized spacial score (nSPS) is 12.1. The monoisotopic (exact) mass is 1790 g/mol. The first-order chi connectivity index (χ1) is 68.4. The molecule has 0 atom stereocenters. The van der Waals surface area contributed by atoms with Crippen molar-refractivity contribution in [1.82, 2.24) is 47.7 Å². The van der Waals surface area contributed by atoms with E-state index in [1.54, 1.807) is 0 Å². The zero-order chi connectivity index (χ0) is 90.3. The average Bonchev–Trinajstić information content (AvgIpc) is 1.52. The highest BCUT2D eigenvalue weighted by Gasteiger charge is 2.24. The zero-order valence-electron chi connectivity index (χ0n) is 74.0. The van der Waals surface area contributed by atoms with Crippen LogP contribution in [0, 0.1) is 0 Å². The summed E-state index contributed by atoms with van der Waals surface area (Å²) in [6, 6.07) is 155. The quantitative estimate of drug-likeness (QED) is 0.148. The molecule has 0 radical (unpaired) electrons. The number of hydrogen-bond donors (Lipinski definition) is 0. The summed E-state index contributed by atoms with van der Waals surface area (Å²) >= 11 is 3.73. The summed E-state index contributed by atoms with van der Waals surface area (Å²) in [4.78, 5) is 29.9. The number of para-hydroxylation sites is 8. The third-order valence-corrected chi connectivity index (χ3v) is 30.7. The van der Waals surface area contributed by atoms with Crippen LogP contribution in [-0.4, -0.2) is 47.7 Å². The molecule has 12 heteroatoms. The summed E-state index contributed by atoms with van der Waals surface area (Å²) in [5.74, 6) is 0. The van der Waals surface area contributed by atoms with Gasteiger partial charge in [-0.25, -0.2) is 15.0 Å². The minimum atomic E-state index is 0.956. The summed E-state index contributed by atoms with van der Waals surface area (Å²) < 4.78 is 14.7. The van der Waals surface area contributed by atoms with Gasteiger partial charge in [-0.2, -0.15) is 0 Å². The van der Waals surface area contributed by atoms with Crippen molar-refractivity contribution in [1.29, 1.82) is 0 Å². The molecule has 0 amide bonds. The number of fused-ring (bicyclic) bond motifs is 39. The number of aromatic nitrogens is 10. The highest BCUT2D eigenvalue weighted by molar-refractivity contribution is 7.26. The van der Waals surface area contributed by atoms with E-state index in [-0.39, 0.29) is 0 Å². The van der Waals surface area contributed by atoms with Crippen molar-refractivity contribution < 1.29 is 0 Å². The number of nitrogens with zero attached hydrogens (tertiary/aromatic N) is 10. The highest BCUT2D eigenvalue weighted by atomic mass is 32.1. The lowest BCUT2D eigenvalue weighted by atomic mass is 9.96. The standard InChI is InChI=1S/C46H28N4.2C40H23N3S/c1-2-10-34(11-3-1)49-40-14-6-4-12-35(40)38-27-32(22-25-41(38)49)29-16-18-30(19-17-29)33-21-23-36-43(28-33)50-42-15-7-5-13-39(42)48-46(50)37-24-20-31-9-8-26-47-45(31)44(36)37;1-4-16-36-29(11-1)30-13-6-12-28(39(30)44-36)27-9-5-8-25(22-27)26-18-19-31-35(23-26)43-34-15-3-2-14-33(34)42-40(43)32-20-17-24-10-7-21-41-38(24)37(31)32;1-4-10-36-29(7-1)32-22-27(17-20-37(32)44-36)24-11-13-25(14-12-24)28-16-18-30-35(23-28)43-34-9-3-2-8-33(34)42-40(43)31-19-15-26-6-5-21-41-39(26)38(30)31/h1-28H;2*1-23H. The number of benzene rings is 19. The predicted molar refractivity (Wildman–Crippen MR) is 582 cm³/mol. The molecule has 0 aliphatic carbocycles. The summed E-state index contributed by atoms with van der Waals surface area (Å²) in [6.07, 6.45) is 5.65. The van der Waals surface area contributed by atoms with Gasteiger partial charge in [0.05, 0.1) is 77.2 Å². The first kappa shape index (κ1) is 77.6. The molecule has 0 aliphatic heterocycles. The van der Waals surface area contributed by atoms with Crippen LogP contribution in [0.2, 0.25) is 0 Å². The van der Waals surface area contributed by atoms with Crippen molar-refractivity contribution in [3.05, 3.63) is 449 Å². The number of hydrogen-bond acceptors (Lipinski definition) is 8. The van der Waals surface area contributed by atoms with Crippen LogP contribution in [0.3, 0.4) is 0 Å². The Bertz CT molecular complexity index is 10600. The third kappa shape index (κ3) is 12.1. The summed E-state index contributed by atoms with van der Waals surface area (Å²) in [7, 11) is 0. The van der Waals surface area contributed by atoms with Crippen LogP contribution in [-0.2, 0) is 0 Å². The highest BCUT2D eigenvalue weighted by Crippen LogP contribution is 2.47. The maximum absolute atomic E-state index is 5.14. The van der Waals surface area contributed by atoms with Crippen molar-refractivity contribution >= 4 is 233 Å². The van der Waals surface area contributed by atoms with Gasteiger partial charge in [0, 0.05) is 140 Å². The first-order valence-electron chi connectivity index (χ1n) is 46.7. The van der Waals surface area contributed by atoms with Crippen molar-refractivity contribution in [3.8, 4) is 72.4 Å². The smallest absolute Gasteiger partial charge is 0.146 e. The fourth-order valence-corrected chi connectivity index (χ4v) is 24.3. The molecule has 640 valence electrons. The second-order valence-electron chi connectivity index (χ2n) is 35.9. The van der Waals surface area contributed by atoms with Gasteiger partial charge in [-0.1, -0.05) is 279 Å². The van der Waals surface area contributed by atoms with E-state index in [2.05, 4.69) is 430 Å². The summed E-state index contributed by atoms with van der Waals surface area (Å²) in [6.45, 7) is 0. The van der Waals surface area contributed by atoms with Gasteiger partial charge in [0.2, 0.25) is 0 Å². The molecule has 12 aromatic heterocycles. The molecule has 0 bridgehead atoms. The molecule has 0 aliphatic rings. The molecule has 19 aromatic carbocycles. The maximum atomic E-state index is 5.14. The largest absolute Gasteiger partial charge is 0.309 e. The van der Waals surface area contributed by atoms with E-state index in [4.69, 9.17) is 29.9 Å². The molecular formula is C126H74N10S2. The molecule has 12 heterocycles. The van der Waals surface area contributed by atoms with Gasteiger partial charge in [0.15, 0.2) is 0 Å². The number of thiophene rings is 2. The molecular weight excluding hydrogens is 1720 g/mol. The lowest BCUT2D eigenvalue weighted by Crippen LogP contribution is -1.94. The van der Waals surface area contributed by atoms with Crippen LogP contribution >= 0.6 is 22.7 Å². The van der Waals surface area contributed by atoms with Crippen LogP contribution in [0.5, 0.6) is 0 Å². The Hall–Kier alpha value is -17.9. The molecule has 0 N–H and O–H groups in total. The van der Waals surface area contributed by atoms with Gasteiger partial charge in [-0.05, 0) is 218 Å². The maximum Gasteiger partial charge on any atom is 0.146 e. The molecule has 138 heavy (non-hydrogen) atoms. The molecule has 31 aromatic rings. The van der Waals surface area contributed by atoms with Gasteiger partial charge in [-0.3, -0.25) is 28.2 Å². The van der Waals surface area contributed by atoms with Crippen LogP contribution in [0.1, 0.15) is 0 Å². The van der Waals surface area contributed by atoms with Crippen LogP contribution in [0.15, 0.2) is 449 Å². The number of rotatable bonds is 7. The van der Waals surface area contributed by atoms with Gasteiger partial charge in [0.1, 0.15) is 16.9 Å². The minimum Gasteiger partial charge on any atom is -0.309 e. The lowest BCUT2D eigenvalue weighted by molar-refractivity contribution is 1.18. The predicted octanol–water partition coefficient (Wildman–Crippen LogP) is 33.9. The van der Waals surface area contributed by atoms with Gasteiger partial charge < -0.3 is 4.57 Å². The first-order valence-corrected chi connectivity index (χ1v) is 48.3. The Morgan fingerprint density at radius 1 is 0.188 bits per heavy atom. The lowest BCUT2D eigenvalue weighted by Gasteiger charge is -2.13. The number of imidazole rings is 3. The van der Waals surface area contributed by atoms with Gasteiger partial charge >= 0.3 is 0 Å². The van der Waals surface area contributed by atoms with Gasteiger partial charge in [0.25, 0.3) is 0 Å². The molecule has 0 fully saturated rings. The molecule has 10 nitrogen and oxygen atoms in total. The molecule has 0 unspecified atom stereocenters. The van der Waals surface area contributed by atoms with Crippen molar-refractivity contribution in [2.24, 2.45) is 0 Å². The fraction of sp³-hybridized carbons (Fsp3) is 0. The van der Waals surface area contributed by atoms with Gasteiger partial charge in [-0.15, -0.1) is 22.7 Å². The Kier molecular flexibility index (Phi) is 17.3. The van der Waals surface area contributed by atoms with Crippen molar-refractivity contribution in [2.75, 3.05) is 0 Å². The molecule has 31 rings (SSSR count). The van der Waals surface area contributed by atoms with Crippen LogP contribution in [0.25, 0.3) is 282 Å². The SMILES string of the molecule is c1cc(-c2ccc3c4c(ccc5cccnc54)c4nc5ccccc5n4c3c2)cc(-c2cccc3c2sc2ccccc23)c1.c1ccc(-n2c3ccccc3c3cc(-c4ccc(-c5ccc6c7c(ccc8cccnc87)c7nc8ccccc8n7c6c5)cc4)ccc32)cc1.c1cnc2c(c1)ccc1c2c2ccc(-c3ccc(-c4ccc5sc6ccccc6c5c4)cc3)cc2n2c3ccccc3nc12. The number of pyridine rings is 6. The Balaban J connectivity index is 0.000000100. The van der Waals surface area contributed by atoms with E-state index in [0.29, 0.717) is 0 Å². The Morgan fingerprint density at radius 3 is 1.05 bits per heavy atom. The second-order valence-corrected chi connectivity index (χ2v) is 38.0.